The van der Waals surface area contributed by atoms with Crippen LogP contribution in [0.15, 0.2) is 60.3 Å². The van der Waals surface area contributed by atoms with Gasteiger partial charge in [0.15, 0.2) is 0 Å². The van der Waals surface area contributed by atoms with Crippen LogP contribution in [-0.4, -0.2) is 22.2 Å². The molecule has 4 nitrogen and oxygen atoms in total. The van der Waals surface area contributed by atoms with Gasteiger partial charge in [-0.1, -0.05) is 35.9 Å². The van der Waals surface area contributed by atoms with Crippen molar-refractivity contribution in [3.05, 3.63) is 82.3 Å². The third-order valence-electron chi connectivity index (χ3n) is 3.80. The van der Waals surface area contributed by atoms with Crippen molar-refractivity contribution in [2.24, 2.45) is 0 Å². The van der Waals surface area contributed by atoms with Gasteiger partial charge in [0, 0.05) is 16.7 Å². The summed E-state index contributed by atoms with van der Waals surface area (Å²) in [6, 6.07) is 10.00. The molecule has 26 heavy (non-hydrogen) atoms. The summed E-state index contributed by atoms with van der Waals surface area (Å²) >= 11 is 5.76. The number of aliphatic hydroxyl groups is 1. The average Bonchev–Trinajstić information content (AvgIpc) is 2.94. The van der Waals surface area contributed by atoms with E-state index in [2.05, 4.69) is 0 Å². The molecule has 0 spiro atoms. The fourth-order valence-electron chi connectivity index (χ4n) is 2.52. The van der Waals surface area contributed by atoms with Crippen LogP contribution in [0, 0.1) is 5.82 Å². The quantitative estimate of drug-likeness (QED) is 0.773. The zero-order chi connectivity index (χ0) is 19.1. The van der Waals surface area contributed by atoms with Crippen LogP contribution in [0.1, 0.15) is 15.9 Å². The summed E-state index contributed by atoms with van der Waals surface area (Å²) in [6.45, 7) is 0. The van der Waals surface area contributed by atoms with Crippen LogP contribution in [0.3, 0.4) is 0 Å². The summed E-state index contributed by atoms with van der Waals surface area (Å²) in [6.07, 6.45) is -4.40. The molecule has 0 aromatic heterocycles. The first kappa shape index (κ1) is 18.2. The highest BCUT2D eigenvalue weighted by molar-refractivity contribution is 6.30. The topological polar surface area (TPSA) is 52.6 Å². The molecule has 0 saturated heterocycles. The maximum atomic E-state index is 13.9. The van der Waals surface area contributed by atoms with Gasteiger partial charge >= 0.3 is 6.18 Å². The van der Waals surface area contributed by atoms with Crippen molar-refractivity contribution in [3.63, 3.8) is 0 Å². The van der Waals surface area contributed by atoms with E-state index in [1.807, 2.05) is 5.43 Å². The van der Waals surface area contributed by atoms with Gasteiger partial charge in [-0.05, 0) is 24.3 Å². The molecule has 0 bridgehead atoms. The Morgan fingerprint density at radius 3 is 2.31 bits per heavy atom. The molecule has 1 heterocycles. The van der Waals surface area contributed by atoms with Gasteiger partial charge in [0.25, 0.3) is 5.91 Å². The first-order chi connectivity index (χ1) is 12.1. The molecule has 1 aliphatic rings. The number of benzene rings is 2. The molecule has 2 aromatic carbocycles. The Bertz CT molecular complexity index is 883. The lowest BCUT2D eigenvalue weighted by atomic mass is 10.0. The monoisotopic (exact) mass is 386 g/mol. The van der Waals surface area contributed by atoms with Crippen molar-refractivity contribution < 1.29 is 27.5 Å². The van der Waals surface area contributed by atoms with Crippen LogP contribution >= 0.6 is 11.6 Å². The van der Waals surface area contributed by atoms with E-state index < -0.39 is 34.9 Å². The largest absolute Gasteiger partial charge is 0.432 e. The molecule has 2 N–H and O–H groups in total. The summed E-state index contributed by atoms with van der Waals surface area (Å²) in [4.78, 5) is 12.6. The molecule has 2 aromatic rings. The number of allylic oxidation sites excluding steroid dienone is 1. The Labute approximate surface area is 150 Å². The minimum absolute atomic E-state index is 0.0571. The van der Waals surface area contributed by atoms with Crippen molar-refractivity contribution in [2.75, 3.05) is 0 Å². The fraction of sp³-hybridized carbons (Fsp3) is 0.118. The molecular weight excluding hydrogens is 376 g/mol. The number of amides is 1. The predicted molar refractivity (Wildman–Crippen MR) is 85.2 cm³/mol. The zero-order valence-electron chi connectivity index (χ0n) is 12.9. The normalized spacial score (nSPS) is 19.9. The highest BCUT2D eigenvalue weighted by Gasteiger charge is 2.50. The molecule has 1 aliphatic heterocycles. The van der Waals surface area contributed by atoms with Gasteiger partial charge in [-0.3, -0.25) is 10.2 Å². The van der Waals surface area contributed by atoms with Crippen LogP contribution in [0.4, 0.5) is 17.6 Å². The van der Waals surface area contributed by atoms with Crippen LogP contribution in [-0.2, 0) is 5.72 Å². The van der Waals surface area contributed by atoms with Gasteiger partial charge in [-0.25, -0.2) is 9.40 Å². The number of nitrogens with zero attached hydrogens (tertiary/aromatic N) is 1. The third-order valence-corrected chi connectivity index (χ3v) is 4.05. The first-order valence-electron chi connectivity index (χ1n) is 7.27. The molecule has 1 atom stereocenters. The Hall–Kier alpha value is -2.58. The molecular formula is C17H11ClF4N2O2. The second-order valence-electron chi connectivity index (χ2n) is 5.52. The summed E-state index contributed by atoms with van der Waals surface area (Å²) in [5.41, 5.74) is -2.56. The SMILES string of the molecule is O=C(c1ccccc1F)N1NC(C(F)(F)F)=CC1(O)c1ccc(Cl)cc1. The summed E-state index contributed by atoms with van der Waals surface area (Å²) < 4.78 is 53.3. The molecule has 1 unspecified atom stereocenters. The first-order valence-corrected chi connectivity index (χ1v) is 7.65. The molecule has 0 fully saturated rings. The van der Waals surface area contributed by atoms with E-state index in [4.69, 9.17) is 11.6 Å². The zero-order valence-corrected chi connectivity index (χ0v) is 13.6. The number of carbonyl (C=O) groups excluding carboxylic acids is 1. The number of rotatable bonds is 2. The highest BCUT2D eigenvalue weighted by atomic mass is 35.5. The summed E-state index contributed by atoms with van der Waals surface area (Å²) in [5.74, 6) is -2.10. The van der Waals surface area contributed by atoms with E-state index in [0.717, 1.165) is 12.1 Å². The number of halogens is 5. The average molecular weight is 387 g/mol. The van der Waals surface area contributed by atoms with Crippen LogP contribution in [0.5, 0.6) is 0 Å². The Kier molecular flexibility index (Phi) is 4.41. The van der Waals surface area contributed by atoms with E-state index >= 15 is 0 Å². The second-order valence-corrected chi connectivity index (χ2v) is 5.96. The van der Waals surface area contributed by atoms with E-state index in [9.17, 15) is 27.5 Å². The molecule has 9 heteroatoms. The molecule has 0 radical (unpaired) electrons. The van der Waals surface area contributed by atoms with Crippen molar-refractivity contribution in [1.82, 2.24) is 10.4 Å². The van der Waals surface area contributed by atoms with Crippen molar-refractivity contribution in [3.8, 4) is 0 Å². The van der Waals surface area contributed by atoms with Gasteiger partial charge in [0.05, 0.1) is 5.56 Å². The van der Waals surface area contributed by atoms with Gasteiger partial charge in [-0.15, -0.1) is 0 Å². The van der Waals surface area contributed by atoms with E-state index in [-0.39, 0.29) is 10.6 Å². The van der Waals surface area contributed by atoms with Crippen LogP contribution in [0.2, 0.25) is 5.02 Å². The van der Waals surface area contributed by atoms with Gasteiger partial charge < -0.3 is 5.11 Å². The highest BCUT2D eigenvalue weighted by Crippen LogP contribution is 2.38. The number of hydrogen-bond donors (Lipinski definition) is 2. The number of alkyl halides is 3. The summed E-state index contributed by atoms with van der Waals surface area (Å²) in [7, 11) is 0. The van der Waals surface area contributed by atoms with Gasteiger partial charge in [-0.2, -0.15) is 13.2 Å². The maximum absolute atomic E-state index is 13.9. The molecule has 3 rings (SSSR count). The van der Waals surface area contributed by atoms with E-state index in [0.29, 0.717) is 11.1 Å². The van der Waals surface area contributed by atoms with Gasteiger partial charge in [0.2, 0.25) is 5.72 Å². The van der Waals surface area contributed by atoms with Crippen LogP contribution in [0.25, 0.3) is 0 Å². The smallest absolute Gasteiger partial charge is 0.362 e. The molecule has 136 valence electrons. The van der Waals surface area contributed by atoms with Gasteiger partial charge in [0.1, 0.15) is 11.5 Å². The molecule has 0 saturated carbocycles. The lowest BCUT2D eigenvalue weighted by Gasteiger charge is -2.33. The van der Waals surface area contributed by atoms with Crippen molar-refractivity contribution in [2.45, 2.75) is 11.9 Å². The fourth-order valence-corrected chi connectivity index (χ4v) is 2.64. The lowest BCUT2D eigenvalue weighted by molar-refractivity contribution is -0.104. The van der Waals surface area contributed by atoms with E-state index in [1.54, 1.807) is 0 Å². The third kappa shape index (κ3) is 3.13. The number of hydrazine groups is 1. The Morgan fingerprint density at radius 1 is 1.12 bits per heavy atom. The predicted octanol–water partition coefficient (Wildman–Crippen LogP) is 3.73. The summed E-state index contributed by atoms with van der Waals surface area (Å²) in [5, 5.41) is 11.5. The van der Waals surface area contributed by atoms with E-state index in [1.165, 1.54) is 36.4 Å². The van der Waals surface area contributed by atoms with Crippen molar-refractivity contribution >= 4 is 17.5 Å². The maximum Gasteiger partial charge on any atom is 0.432 e. The van der Waals surface area contributed by atoms with Crippen LogP contribution < -0.4 is 5.43 Å². The molecule has 0 aliphatic carbocycles. The minimum atomic E-state index is -4.86. The number of hydrogen-bond acceptors (Lipinski definition) is 3. The Balaban J connectivity index is 2.10. The molecule has 1 amide bonds. The second kappa shape index (κ2) is 6.30. The number of carbonyl (C=O) groups is 1. The lowest BCUT2D eigenvalue weighted by Crippen LogP contribution is -2.51. The van der Waals surface area contributed by atoms with Crippen molar-refractivity contribution in [1.29, 1.82) is 0 Å². The minimum Gasteiger partial charge on any atom is -0.362 e. The Morgan fingerprint density at radius 2 is 1.73 bits per heavy atom. The number of nitrogens with one attached hydrogen (secondary N) is 1. The standard InChI is InChI=1S/C17H11ClF4N2O2/c18-11-7-5-10(6-8-11)16(26)9-14(17(20,21)22)23-24(16)15(25)12-3-1-2-4-13(12)19/h1-9,23,26H.